The van der Waals surface area contributed by atoms with Gasteiger partial charge >= 0.3 is 0 Å². The van der Waals surface area contributed by atoms with Gasteiger partial charge in [0.2, 0.25) is 15.9 Å². The SMILES string of the molecule is Cc1ccc(OCCNC(=O)CN(Cc2ccccc2F)S(C)(=O)=O)cc1C. The first-order chi connectivity index (χ1) is 13.2. The fourth-order valence-corrected chi connectivity index (χ4v) is 3.21. The first kappa shape index (κ1) is 21.8. The van der Waals surface area contributed by atoms with Crippen LogP contribution in [0.1, 0.15) is 16.7 Å². The van der Waals surface area contributed by atoms with Crippen molar-refractivity contribution in [3.05, 3.63) is 65.0 Å². The Morgan fingerprint density at radius 3 is 2.50 bits per heavy atom. The average molecular weight is 408 g/mol. The van der Waals surface area contributed by atoms with Crippen LogP contribution in [0.2, 0.25) is 0 Å². The van der Waals surface area contributed by atoms with Gasteiger partial charge in [-0.15, -0.1) is 0 Å². The van der Waals surface area contributed by atoms with E-state index in [9.17, 15) is 17.6 Å². The molecule has 1 N–H and O–H groups in total. The molecule has 0 heterocycles. The summed E-state index contributed by atoms with van der Waals surface area (Å²) in [6.45, 7) is 3.87. The third-order valence-corrected chi connectivity index (χ3v) is 5.46. The number of rotatable bonds is 9. The van der Waals surface area contributed by atoms with Gasteiger partial charge in [0.25, 0.3) is 0 Å². The second-order valence-electron chi connectivity index (χ2n) is 6.57. The number of aryl methyl sites for hydroxylation is 2. The Morgan fingerprint density at radius 1 is 1.14 bits per heavy atom. The molecular formula is C20H25FN2O4S. The molecule has 2 rings (SSSR count). The maximum atomic E-state index is 13.8. The predicted molar refractivity (Wildman–Crippen MR) is 106 cm³/mol. The lowest BCUT2D eigenvalue weighted by Crippen LogP contribution is -2.41. The number of nitrogens with zero attached hydrogens (tertiary/aromatic N) is 1. The molecule has 0 bridgehead atoms. The van der Waals surface area contributed by atoms with Crippen molar-refractivity contribution in [1.82, 2.24) is 9.62 Å². The maximum Gasteiger partial charge on any atom is 0.235 e. The normalized spacial score (nSPS) is 11.5. The van der Waals surface area contributed by atoms with Crippen molar-refractivity contribution in [2.45, 2.75) is 20.4 Å². The number of ether oxygens (including phenoxy) is 1. The van der Waals surface area contributed by atoms with Crippen LogP contribution in [0.3, 0.4) is 0 Å². The number of carbonyl (C=O) groups is 1. The Labute approximate surface area is 165 Å². The van der Waals surface area contributed by atoms with Gasteiger partial charge in [-0.3, -0.25) is 4.79 Å². The van der Waals surface area contributed by atoms with Crippen molar-refractivity contribution in [2.24, 2.45) is 0 Å². The second kappa shape index (κ2) is 9.66. The molecule has 0 aliphatic heterocycles. The summed E-state index contributed by atoms with van der Waals surface area (Å²) in [5.41, 5.74) is 2.48. The van der Waals surface area contributed by atoms with Crippen LogP contribution in [0.4, 0.5) is 4.39 Å². The fourth-order valence-electron chi connectivity index (χ4n) is 2.49. The van der Waals surface area contributed by atoms with Crippen LogP contribution in [0.5, 0.6) is 5.75 Å². The Morgan fingerprint density at radius 2 is 1.86 bits per heavy atom. The molecule has 152 valence electrons. The average Bonchev–Trinajstić information content (AvgIpc) is 2.62. The van der Waals surface area contributed by atoms with Gasteiger partial charge in [0.05, 0.1) is 19.3 Å². The quantitative estimate of drug-likeness (QED) is 0.647. The molecule has 0 spiro atoms. The number of sulfonamides is 1. The molecule has 2 aromatic rings. The maximum absolute atomic E-state index is 13.8. The van der Waals surface area contributed by atoms with E-state index < -0.39 is 28.3 Å². The highest BCUT2D eigenvalue weighted by Crippen LogP contribution is 2.16. The van der Waals surface area contributed by atoms with Gasteiger partial charge in [0.15, 0.2) is 0 Å². The van der Waals surface area contributed by atoms with Crippen molar-refractivity contribution < 1.29 is 22.3 Å². The zero-order valence-corrected chi connectivity index (χ0v) is 17.1. The number of amides is 1. The first-order valence-electron chi connectivity index (χ1n) is 8.82. The van der Waals surface area contributed by atoms with E-state index in [2.05, 4.69) is 5.32 Å². The summed E-state index contributed by atoms with van der Waals surface area (Å²) in [4.78, 5) is 12.1. The molecule has 8 heteroatoms. The number of hydrogen-bond donors (Lipinski definition) is 1. The summed E-state index contributed by atoms with van der Waals surface area (Å²) in [5.74, 6) is -0.293. The summed E-state index contributed by atoms with van der Waals surface area (Å²) in [7, 11) is -3.68. The van der Waals surface area contributed by atoms with E-state index in [-0.39, 0.29) is 25.3 Å². The molecule has 0 unspecified atom stereocenters. The summed E-state index contributed by atoms with van der Waals surface area (Å²) < 4.78 is 44.2. The molecule has 1 amide bonds. The highest BCUT2D eigenvalue weighted by molar-refractivity contribution is 7.88. The number of halogens is 1. The van der Waals surface area contributed by atoms with Gasteiger partial charge in [0, 0.05) is 12.1 Å². The fraction of sp³-hybridized carbons (Fsp3) is 0.350. The molecule has 2 aromatic carbocycles. The van der Waals surface area contributed by atoms with Gasteiger partial charge in [0.1, 0.15) is 18.2 Å². The minimum atomic E-state index is -3.68. The molecule has 0 fully saturated rings. The van der Waals surface area contributed by atoms with Crippen LogP contribution < -0.4 is 10.1 Å². The third-order valence-electron chi connectivity index (χ3n) is 4.26. The van der Waals surface area contributed by atoms with Crippen molar-refractivity contribution in [1.29, 1.82) is 0 Å². The summed E-state index contributed by atoms with van der Waals surface area (Å²) in [6, 6.07) is 11.6. The number of benzene rings is 2. The Bertz CT molecular complexity index is 932. The van der Waals surface area contributed by atoms with Crippen LogP contribution in [0.25, 0.3) is 0 Å². The summed E-state index contributed by atoms with van der Waals surface area (Å²) in [6.07, 6.45) is 0.990. The number of hydrogen-bond acceptors (Lipinski definition) is 4. The van der Waals surface area contributed by atoms with Crippen molar-refractivity contribution in [3.8, 4) is 5.75 Å². The van der Waals surface area contributed by atoms with Crippen LogP contribution >= 0.6 is 0 Å². The Hall–Kier alpha value is -2.45. The minimum Gasteiger partial charge on any atom is -0.492 e. The van der Waals surface area contributed by atoms with E-state index in [0.717, 1.165) is 21.7 Å². The highest BCUT2D eigenvalue weighted by Gasteiger charge is 2.21. The molecule has 0 aliphatic rings. The van der Waals surface area contributed by atoms with Crippen molar-refractivity contribution in [3.63, 3.8) is 0 Å². The van der Waals surface area contributed by atoms with Crippen molar-refractivity contribution in [2.75, 3.05) is 26.0 Å². The van der Waals surface area contributed by atoms with E-state index in [1.54, 1.807) is 6.07 Å². The molecule has 0 aliphatic carbocycles. The molecule has 0 saturated carbocycles. The molecule has 6 nitrogen and oxygen atoms in total. The minimum absolute atomic E-state index is 0.207. The van der Waals surface area contributed by atoms with Gasteiger partial charge in [-0.05, 0) is 43.2 Å². The van der Waals surface area contributed by atoms with Gasteiger partial charge < -0.3 is 10.1 Å². The summed E-state index contributed by atoms with van der Waals surface area (Å²) in [5, 5.41) is 2.62. The smallest absolute Gasteiger partial charge is 0.235 e. The van der Waals surface area contributed by atoms with E-state index in [4.69, 9.17) is 4.74 Å². The van der Waals surface area contributed by atoms with Gasteiger partial charge in [-0.2, -0.15) is 4.31 Å². The molecule has 0 radical (unpaired) electrons. The van der Waals surface area contributed by atoms with Crippen LogP contribution in [-0.4, -0.2) is 44.6 Å². The Balaban J connectivity index is 1.86. The van der Waals surface area contributed by atoms with E-state index >= 15 is 0 Å². The summed E-state index contributed by atoms with van der Waals surface area (Å²) >= 11 is 0. The molecule has 0 aromatic heterocycles. The van der Waals surface area contributed by atoms with E-state index in [1.165, 1.54) is 18.2 Å². The molecule has 28 heavy (non-hydrogen) atoms. The van der Waals surface area contributed by atoms with Crippen LogP contribution in [-0.2, 0) is 21.4 Å². The van der Waals surface area contributed by atoms with E-state index in [0.29, 0.717) is 5.75 Å². The zero-order chi connectivity index (χ0) is 20.7. The lowest BCUT2D eigenvalue weighted by atomic mass is 10.1. The highest BCUT2D eigenvalue weighted by atomic mass is 32.2. The lowest BCUT2D eigenvalue weighted by molar-refractivity contribution is -0.121. The number of carbonyl (C=O) groups excluding carboxylic acids is 1. The van der Waals surface area contributed by atoms with Crippen LogP contribution in [0.15, 0.2) is 42.5 Å². The standard InChI is InChI=1S/C20H25FN2O4S/c1-15-8-9-18(12-16(15)2)27-11-10-22-20(24)14-23(28(3,25)26)13-17-6-4-5-7-19(17)21/h4-9,12H,10-11,13-14H2,1-3H3,(H,22,24). The van der Waals surface area contributed by atoms with Gasteiger partial charge in [-0.25, -0.2) is 12.8 Å². The largest absolute Gasteiger partial charge is 0.492 e. The third kappa shape index (κ3) is 6.61. The topological polar surface area (TPSA) is 75.7 Å². The van der Waals surface area contributed by atoms with Gasteiger partial charge in [-0.1, -0.05) is 24.3 Å². The van der Waals surface area contributed by atoms with E-state index in [1.807, 2.05) is 32.0 Å². The first-order valence-corrected chi connectivity index (χ1v) is 10.7. The van der Waals surface area contributed by atoms with Crippen molar-refractivity contribution >= 4 is 15.9 Å². The molecular weight excluding hydrogens is 383 g/mol. The zero-order valence-electron chi connectivity index (χ0n) is 16.2. The Kier molecular flexibility index (Phi) is 7.53. The molecule has 0 atom stereocenters. The van der Waals surface area contributed by atoms with Crippen LogP contribution in [0, 0.1) is 19.7 Å². The predicted octanol–water partition coefficient (Wildman–Crippen LogP) is 2.40. The number of nitrogens with one attached hydrogen (secondary N) is 1. The second-order valence-corrected chi connectivity index (χ2v) is 8.55. The lowest BCUT2D eigenvalue weighted by Gasteiger charge is -2.20. The monoisotopic (exact) mass is 408 g/mol. The molecule has 0 saturated heterocycles.